The number of nitrogens with one attached hydrogen (secondary N) is 1. The van der Waals surface area contributed by atoms with E-state index in [-0.39, 0.29) is 23.5 Å². The predicted molar refractivity (Wildman–Crippen MR) is 75.1 cm³/mol. The summed E-state index contributed by atoms with van der Waals surface area (Å²) >= 11 is 0. The zero-order valence-electron chi connectivity index (χ0n) is 11.6. The van der Waals surface area contributed by atoms with Crippen molar-refractivity contribution in [2.75, 3.05) is 12.3 Å². The minimum atomic E-state index is -4.74. The highest BCUT2D eigenvalue weighted by atomic mass is 31.2. The van der Waals surface area contributed by atoms with Crippen molar-refractivity contribution < 1.29 is 28.7 Å². The lowest BCUT2D eigenvalue weighted by molar-refractivity contribution is -0.0425. The van der Waals surface area contributed by atoms with Gasteiger partial charge in [0.05, 0.1) is 12.9 Å². The number of nitrogens with two attached hydrogens (primary N) is 1. The molecule has 1 aliphatic heterocycles. The van der Waals surface area contributed by atoms with Gasteiger partial charge in [-0.25, -0.2) is 9.55 Å². The highest BCUT2D eigenvalue weighted by molar-refractivity contribution is 7.46. The molecule has 1 fully saturated rings. The molecule has 0 aliphatic carbocycles. The molecule has 1 aliphatic rings. The standard InChI is InChI=1S/C10H14N5O7P/c11-10-13-8-7(9(17)14-10)12-3-15(8)6-1-4(5(2-16)21-6)22-23(18,19)20/h3-6,16H,1-2H2,(H2,18,19,20)(H3,11,13,14,17)/t4-,5-,6+/m0/s1. The van der Waals surface area contributed by atoms with Crippen LogP contribution in [0, 0.1) is 0 Å². The fourth-order valence-corrected chi connectivity index (χ4v) is 3.05. The van der Waals surface area contributed by atoms with Gasteiger partial charge in [0.15, 0.2) is 11.2 Å². The van der Waals surface area contributed by atoms with Crippen LogP contribution in [0.25, 0.3) is 11.2 Å². The monoisotopic (exact) mass is 347 g/mol. The van der Waals surface area contributed by atoms with E-state index >= 15 is 0 Å². The molecule has 126 valence electrons. The molecule has 0 saturated carbocycles. The summed E-state index contributed by atoms with van der Waals surface area (Å²) in [5, 5.41) is 9.28. The first-order valence-electron chi connectivity index (χ1n) is 6.51. The van der Waals surface area contributed by atoms with Crippen molar-refractivity contribution >= 4 is 24.9 Å². The number of aliphatic hydroxyl groups excluding tert-OH is 1. The number of ether oxygens (including phenoxy) is 1. The fourth-order valence-electron chi connectivity index (χ4n) is 2.48. The van der Waals surface area contributed by atoms with Crippen molar-refractivity contribution in [1.29, 1.82) is 0 Å². The van der Waals surface area contributed by atoms with Crippen molar-refractivity contribution in [2.45, 2.75) is 24.9 Å². The average molecular weight is 347 g/mol. The van der Waals surface area contributed by atoms with E-state index in [4.69, 9.17) is 20.3 Å². The van der Waals surface area contributed by atoms with Gasteiger partial charge >= 0.3 is 7.82 Å². The second kappa shape index (κ2) is 5.67. The summed E-state index contributed by atoms with van der Waals surface area (Å²) in [4.78, 5) is 39.8. The van der Waals surface area contributed by atoms with E-state index in [2.05, 4.69) is 19.5 Å². The van der Waals surface area contributed by atoms with Gasteiger partial charge in [0.25, 0.3) is 5.56 Å². The molecule has 3 atom stereocenters. The van der Waals surface area contributed by atoms with E-state index in [9.17, 15) is 14.5 Å². The quantitative estimate of drug-likeness (QED) is 0.406. The van der Waals surface area contributed by atoms with Crippen molar-refractivity contribution in [3.63, 3.8) is 0 Å². The van der Waals surface area contributed by atoms with Gasteiger partial charge in [-0.1, -0.05) is 0 Å². The molecule has 0 spiro atoms. The Labute approximate surface area is 128 Å². The molecule has 3 rings (SSSR count). The van der Waals surface area contributed by atoms with E-state index in [1.165, 1.54) is 10.9 Å². The van der Waals surface area contributed by atoms with Crippen LogP contribution >= 0.6 is 7.82 Å². The number of rotatable bonds is 4. The summed E-state index contributed by atoms with van der Waals surface area (Å²) < 4.78 is 22.5. The van der Waals surface area contributed by atoms with Crippen molar-refractivity contribution in [2.24, 2.45) is 0 Å². The zero-order valence-corrected chi connectivity index (χ0v) is 12.5. The molecular weight excluding hydrogens is 333 g/mol. The van der Waals surface area contributed by atoms with Gasteiger partial charge in [0.1, 0.15) is 18.4 Å². The normalized spacial score (nSPS) is 25.3. The third-order valence-corrected chi connectivity index (χ3v) is 3.94. The topological polar surface area (TPSA) is 186 Å². The summed E-state index contributed by atoms with van der Waals surface area (Å²) in [7, 11) is -4.74. The number of hydrogen-bond donors (Lipinski definition) is 5. The summed E-state index contributed by atoms with van der Waals surface area (Å²) in [6.45, 7) is -0.496. The Hall–Kier alpha value is -1.82. The van der Waals surface area contributed by atoms with Crippen molar-refractivity contribution in [3.05, 3.63) is 16.7 Å². The molecule has 0 unspecified atom stereocenters. The number of aromatic amines is 1. The number of aromatic nitrogens is 4. The lowest BCUT2D eigenvalue weighted by atomic mass is 10.2. The molecular formula is C10H14N5O7P. The molecule has 0 bridgehead atoms. The molecule has 2 aromatic heterocycles. The third kappa shape index (κ3) is 3.13. The molecule has 0 radical (unpaired) electrons. The molecule has 23 heavy (non-hydrogen) atoms. The Morgan fingerprint density at radius 3 is 2.96 bits per heavy atom. The second-order valence-corrected chi connectivity index (χ2v) is 6.15. The van der Waals surface area contributed by atoms with Gasteiger partial charge in [0, 0.05) is 6.42 Å². The highest BCUT2D eigenvalue weighted by Gasteiger charge is 2.40. The first-order valence-corrected chi connectivity index (χ1v) is 8.04. The Balaban J connectivity index is 1.94. The SMILES string of the molecule is Nc1nc2c(ncn2[C@H]2C[C@H](OP(=O)(O)O)[C@H](CO)O2)c(=O)[nH]1. The van der Waals surface area contributed by atoms with E-state index in [1.807, 2.05) is 0 Å². The van der Waals surface area contributed by atoms with E-state index in [1.54, 1.807) is 0 Å². The Morgan fingerprint density at radius 1 is 1.57 bits per heavy atom. The van der Waals surface area contributed by atoms with E-state index in [0.29, 0.717) is 0 Å². The predicted octanol–water partition coefficient (Wildman–Crippen LogP) is -1.54. The molecule has 12 nitrogen and oxygen atoms in total. The van der Waals surface area contributed by atoms with Gasteiger partial charge in [0.2, 0.25) is 5.95 Å². The van der Waals surface area contributed by atoms with Crippen LogP contribution < -0.4 is 11.3 Å². The number of anilines is 1. The van der Waals surface area contributed by atoms with E-state index < -0.39 is 38.4 Å². The summed E-state index contributed by atoms with van der Waals surface area (Å²) in [5.74, 6) is -0.107. The Bertz CT molecular complexity index is 829. The molecule has 0 aromatic carbocycles. The van der Waals surface area contributed by atoms with Crippen LogP contribution in [0.5, 0.6) is 0 Å². The van der Waals surface area contributed by atoms with Gasteiger partial charge in [-0.3, -0.25) is 18.9 Å². The summed E-state index contributed by atoms with van der Waals surface area (Å²) in [6.07, 6.45) is -1.42. The van der Waals surface area contributed by atoms with Crippen LogP contribution in [-0.2, 0) is 13.8 Å². The summed E-state index contributed by atoms with van der Waals surface area (Å²) in [5.41, 5.74) is 5.18. The van der Waals surface area contributed by atoms with Crippen LogP contribution in [0.4, 0.5) is 5.95 Å². The third-order valence-electron chi connectivity index (χ3n) is 3.39. The lowest BCUT2D eigenvalue weighted by Gasteiger charge is -2.16. The maximum Gasteiger partial charge on any atom is 0.469 e. The maximum absolute atomic E-state index is 11.7. The first-order chi connectivity index (χ1) is 10.8. The Morgan fingerprint density at radius 2 is 2.30 bits per heavy atom. The van der Waals surface area contributed by atoms with Crippen molar-refractivity contribution in [3.8, 4) is 0 Å². The fraction of sp³-hybridized carbons (Fsp3) is 0.500. The van der Waals surface area contributed by atoms with Crippen LogP contribution in [0.1, 0.15) is 12.6 Å². The number of aliphatic hydroxyl groups is 1. The number of hydrogen-bond acceptors (Lipinski definition) is 8. The molecule has 2 aromatic rings. The number of H-pyrrole nitrogens is 1. The number of phosphoric ester groups is 1. The lowest BCUT2D eigenvalue weighted by Crippen LogP contribution is -2.26. The number of fused-ring (bicyclic) bond motifs is 1. The Kier molecular flexibility index (Phi) is 3.96. The highest BCUT2D eigenvalue weighted by Crippen LogP contribution is 2.43. The van der Waals surface area contributed by atoms with Crippen molar-refractivity contribution in [1.82, 2.24) is 19.5 Å². The molecule has 6 N–H and O–H groups in total. The maximum atomic E-state index is 11.7. The first kappa shape index (κ1) is 16.1. The molecule has 0 amide bonds. The number of nitrogen functional groups attached to an aromatic ring is 1. The van der Waals surface area contributed by atoms with Crippen LogP contribution in [0.2, 0.25) is 0 Å². The van der Waals surface area contributed by atoms with Crippen LogP contribution in [0.3, 0.4) is 0 Å². The largest absolute Gasteiger partial charge is 0.469 e. The minimum absolute atomic E-state index is 0.0240. The number of imidazole rings is 1. The number of phosphoric acid groups is 1. The van der Waals surface area contributed by atoms with Crippen LogP contribution in [0.15, 0.2) is 11.1 Å². The molecule has 1 saturated heterocycles. The average Bonchev–Trinajstić information content (AvgIpc) is 3.00. The summed E-state index contributed by atoms with van der Waals surface area (Å²) in [6, 6.07) is 0. The van der Waals surface area contributed by atoms with E-state index in [0.717, 1.165) is 0 Å². The zero-order chi connectivity index (χ0) is 16.8. The van der Waals surface area contributed by atoms with Gasteiger partial charge in [-0.2, -0.15) is 4.98 Å². The smallest absolute Gasteiger partial charge is 0.394 e. The second-order valence-electron chi connectivity index (χ2n) is 4.96. The van der Waals surface area contributed by atoms with Crippen LogP contribution in [-0.4, -0.2) is 53.2 Å². The molecule has 3 heterocycles. The minimum Gasteiger partial charge on any atom is -0.394 e. The van der Waals surface area contributed by atoms with Gasteiger partial charge in [-0.15, -0.1) is 0 Å². The van der Waals surface area contributed by atoms with Gasteiger partial charge < -0.3 is 25.4 Å². The van der Waals surface area contributed by atoms with Gasteiger partial charge in [-0.05, 0) is 0 Å². The molecule has 13 heteroatoms. The number of nitrogens with zero attached hydrogens (tertiary/aromatic N) is 3.